The molecule has 0 radical (unpaired) electrons. The quantitative estimate of drug-likeness (QED) is 0.371. The Morgan fingerprint density at radius 2 is 1.76 bits per heavy atom. The summed E-state index contributed by atoms with van der Waals surface area (Å²) < 4.78 is 57.3. The standard InChI is InChI=1S/C14H7ClF4N2O4/c15-7-2-1-6(21(23)24)3-10(7)20-11(22)5-25-14-12(18)8(16)4-9(17)13(14)19/h1-4H,5H2,(H,20,22). The van der Waals surface area contributed by atoms with E-state index < -0.39 is 46.5 Å². The topological polar surface area (TPSA) is 81.5 Å². The normalized spacial score (nSPS) is 10.4. The second-order valence-corrected chi connectivity index (χ2v) is 4.96. The van der Waals surface area contributed by atoms with Gasteiger partial charge in [-0.25, -0.2) is 8.78 Å². The van der Waals surface area contributed by atoms with Gasteiger partial charge in [-0.2, -0.15) is 8.78 Å². The van der Waals surface area contributed by atoms with Gasteiger partial charge in [0.1, 0.15) is 0 Å². The van der Waals surface area contributed by atoms with Gasteiger partial charge in [0.25, 0.3) is 11.6 Å². The average Bonchev–Trinajstić information content (AvgIpc) is 2.54. The number of non-ortho nitro benzene ring substituents is 1. The first kappa shape index (κ1) is 18.5. The molecule has 0 atom stereocenters. The number of halogens is 5. The number of rotatable bonds is 5. The molecule has 1 N–H and O–H groups in total. The molecule has 6 nitrogen and oxygen atoms in total. The molecule has 0 saturated carbocycles. The van der Waals surface area contributed by atoms with Crippen molar-refractivity contribution in [3.05, 3.63) is 62.7 Å². The van der Waals surface area contributed by atoms with E-state index in [1.165, 1.54) is 0 Å². The van der Waals surface area contributed by atoms with Crippen LogP contribution in [0.2, 0.25) is 5.02 Å². The molecule has 0 bridgehead atoms. The molecule has 0 aliphatic heterocycles. The van der Waals surface area contributed by atoms with Gasteiger partial charge in [-0.05, 0) is 6.07 Å². The lowest BCUT2D eigenvalue weighted by molar-refractivity contribution is -0.384. The smallest absolute Gasteiger partial charge is 0.271 e. The highest BCUT2D eigenvalue weighted by Gasteiger charge is 2.21. The van der Waals surface area contributed by atoms with Gasteiger partial charge in [0.2, 0.25) is 11.6 Å². The third kappa shape index (κ3) is 4.15. The zero-order valence-electron chi connectivity index (χ0n) is 12.0. The van der Waals surface area contributed by atoms with E-state index in [1.807, 2.05) is 0 Å². The highest BCUT2D eigenvalue weighted by Crippen LogP contribution is 2.28. The van der Waals surface area contributed by atoms with E-state index in [4.69, 9.17) is 11.6 Å². The zero-order chi connectivity index (χ0) is 18.7. The van der Waals surface area contributed by atoms with E-state index in [9.17, 15) is 32.5 Å². The van der Waals surface area contributed by atoms with Gasteiger partial charge >= 0.3 is 0 Å². The highest BCUT2D eigenvalue weighted by molar-refractivity contribution is 6.33. The molecular weight excluding hydrogens is 372 g/mol. The molecule has 0 unspecified atom stereocenters. The van der Waals surface area contributed by atoms with Crippen LogP contribution >= 0.6 is 11.6 Å². The molecule has 0 fully saturated rings. The summed E-state index contributed by atoms with van der Waals surface area (Å²) in [5, 5.41) is 12.7. The highest BCUT2D eigenvalue weighted by atomic mass is 35.5. The summed E-state index contributed by atoms with van der Waals surface area (Å²) >= 11 is 5.76. The fourth-order valence-electron chi connectivity index (χ4n) is 1.72. The number of nitro benzene ring substituents is 1. The van der Waals surface area contributed by atoms with Crippen molar-refractivity contribution < 1.29 is 32.0 Å². The summed E-state index contributed by atoms with van der Waals surface area (Å²) in [7, 11) is 0. The second-order valence-electron chi connectivity index (χ2n) is 4.56. The van der Waals surface area contributed by atoms with Crippen LogP contribution in [0.4, 0.5) is 28.9 Å². The maximum absolute atomic E-state index is 13.4. The van der Waals surface area contributed by atoms with Crippen LogP contribution in [0, 0.1) is 33.4 Å². The van der Waals surface area contributed by atoms with E-state index in [-0.39, 0.29) is 22.5 Å². The molecule has 25 heavy (non-hydrogen) atoms. The van der Waals surface area contributed by atoms with Crippen molar-refractivity contribution in [2.75, 3.05) is 11.9 Å². The SMILES string of the molecule is O=C(COc1c(F)c(F)cc(F)c1F)Nc1cc([N+](=O)[O-])ccc1Cl. The monoisotopic (exact) mass is 378 g/mol. The third-order valence-electron chi connectivity index (χ3n) is 2.85. The van der Waals surface area contributed by atoms with Gasteiger partial charge in [0.05, 0.1) is 15.6 Å². The van der Waals surface area contributed by atoms with Gasteiger partial charge in [-0.1, -0.05) is 11.6 Å². The second kappa shape index (κ2) is 7.34. The Labute approximate surface area is 142 Å². The van der Waals surface area contributed by atoms with Crippen molar-refractivity contribution in [3.63, 3.8) is 0 Å². The van der Waals surface area contributed by atoms with Gasteiger partial charge in [0, 0.05) is 18.2 Å². The number of hydrogen-bond acceptors (Lipinski definition) is 4. The van der Waals surface area contributed by atoms with Crippen molar-refractivity contribution in [1.29, 1.82) is 0 Å². The molecular formula is C14H7ClF4N2O4. The number of nitrogens with zero attached hydrogens (tertiary/aromatic N) is 1. The number of ether oxygens (including phenoxy) is 1. The fraction of sp³-hybridized carbons (Fsp3) is 0.0714. The summed E-state index contributed by atoms with van der Waals surface area (Å²) in [6.07, 6.45) is 0. The van der Waals surface area contributed by atoms with E-state index in [2.05, 4.69) is 10.1 Å². The maximum Gasteiger partial charge on any atom is 0.271 e. The van der Waals surface area contributed by atoms with Crippen molar-refractivity contribution in [2.45, 2.75) is 0 Å². The minimum Gasteiger partial charge on any atom is -0.477 e. The molecule has 0 spiro atoms. The molecule has 0 saturated heterocycles. The lowest BCUT2D eigenvalue weighted by atomic mass is 10.2. The molecule has 2 aromatic carbocycles. The molecule has 0 heterocycles. The van der Waals surface area contributed by atoms with Crippen LogP contribution in [0.25, 0.3) is 0 Å². The largest absolute Gasteiger partial charge is 0.477 e. The number of nitro groups is 1. The first-order valence-corrected chi connectivity index (χ1v) is 6.78. The molecule has 2 aromatic rings. The van der Waals surface area contributed by atoms with E-state index in [0.29, 0.717) is 0 Å². The summed E-state index contributed by atoms with van der Waals surface area (Å²) in [4.78, 5) is 21.7. The summed E-state index contributed by atoms with van der Waals surface area (Å²) in [6, 6.07) is 3.18. The van der Waals surface area contributed by atoms with Crippen molar-refractivity contribution in [1.82, 2.24) is 0 Å². The fourth-order valence-corrected chi connectivity index (χ4v) is 1.89. The Balaban J connectivity index is 2.12. The van der Waals surface area contributed by atoms with Gasteiger partial charge in [-0.3, -0.25) is 14.9 Å². The molecule has 0 aliphatic rings. The van der Waals surface area contributed by atoms with Crippen LogP contribution in [-0.2, 0) is 4.79 Å². The van der Waals surface area contributed by atoms with Crippen LogP contribution in [0.5, 0.6) is 5.75 Å². The first-order chi connectivity index (χ1) is 11.7. The zero-order valence-corrected chi connectivity index (χ0v) is 12.7. The first-order valence-electron chi connectivity index (χ1n) is 6.40. The van der Waals surface area contributed by atoms with Crippen molar-refractivity contribution in [3.8, 4) is 5.75 Å². The Bertz CT molecular complexity index is 837. The molecule has 132 valence electrons. The molecule has 0 aliphatic carbocycles. The van der Waals surface area contributed by atoms with Crippen LogP contribution in [0.15, 0.2) is 24.3 Å². The van der Waals surface area contributed by atoms with Gasteiger partial charge < -0.3 is 10.1 Å². The molecule has 1 amide bonds. The third-order valence-corrected chi connectivity index (χ3v) is 3.18. The van der Waals surface area contributed by atoms with Crippen molar-refractivity contribution in [2.24, 2.45) is 0 Å². The van der Waals surface area contributed by atoms with Gasteiger partial charge in [0.15, 0.2) is 24.0 Å². The predicted molar refractivity (Wildman–Crippen MR) is 78.5 cm³/mol. The summed E-state index contributed by atoms with van der Waals surface area (Å²) in [5.74, 6) is -9.43. The number of carbonyl (C=O) groups is 1. The lowest BCUT2D eigenvalue weighted by Crippen LogP contribution is -2.21. The Hall–Kier alpha value is -2.88. The summed E-state index contributed by atoms with van der Waals surface area (Å²) in [6.45, 7) is -1.03. The number of hydrogen-bond donors (Lipinski definition) is 1. The number of carbonyl (C=O) groups excluding carboxylic acids is 1. The number of anilines is 1. The maximum atomic E-state index is 13.4. The van der Waals surface area contributed by atoms with Crippen LogP contribution < -0.4 is 10.1 Å². The number of benzene rings is 2. The lowest BCUT2D eigenvalue weighted by Gasteiger charge is -2.10. The molecule has 0 aromatic heterocycles. The number of amides is 1. The Morgan fingerprint density at radius 3 is 2.32 bits per heavy atom. The number of nitrogens with one attached hydrogen (secondary N) is 1. The van der Waals surface area contributed by atoms with E-state index >= 15 is 0 Å². The van der Waals surface area contributed by atoms with E-state index in [0.717, 1.165) is 18.2 Å². The predicted octanol–water partition coefficient (Wildman–Crippen LogP) is 3.82. The van der Waals surface area contributed by atoms with Crippen LogP contribution in [-0.4, -0.2) is 17.4 Å². The molecule has 2 rings (SSSR count). The Morgan fingerprint density at radius 1 is 1.16 bits per heavy atom. The van der Waals surface area contributed by atoms with Crippen LogP contribution in [0.1, 0.15) is 0 Å². The molecule has 11 heteroatoms. The Kier molecular flexibility index (Phi) is 5.42. The van der Waals surface area contributed by atoms with Gasteiger partial charge in [-0.15, -0.1) is 0 Å². The summed E-state index contributed by atoms with van der Waals surface area (Å²) in [5.41, 5.74) is -0.527. The minimum absolute atomic E-state index is 0.0134. The minimum atomic E-state index is -1.81. The average molecular weight is 379 g/mol. The van der Waals surface area contributed by atoms with E-state index in [1.54, 1.807) is 0 Å². The van der Waals surface area contributed by atoms with Crippen molar-refractivity contribution >= 4 is 28.9 Å². The van der Waals surface area contributed by atoms with Crippen LogP contribution in [0.3, 0.4) is 0 Å².